The molecular formula is C14H28N2O2. The maximum Gasteiger partial charge on any atom is 0.231 e. The number of hydrogen-bond acceptors (Lipinski definition) is 3. The molecule has 1 saturated heterocycles. The number of methoxy groups -OCH3 is 1. The van der Waals surface area contributed by atoms with Crippen LogP contribution in [-0.2, 0) is 9.53 Å². The Morgan fingerprint density at radius 2 is 2.00 bits per heavy atom. The van der Waals surface area contributed by atoms with Crippen molar-refractivity contribution in [2.45, 2.75) is 39.5 Å². The molecule has 0 aromatic carbocycles. The van der Waals surface area contributed by atoms with Gasteiger partial charge in [-0.3, -0.25) is 4.79 Å². The quantitative estimate of drug-likeness (QED) is 0.753. The number of piperidine rings is 1. The fourth-order valence-electron chi connectivity index (χ4n) is 2.69. The van der Waals surface area contributed by atoms with Gasteiger partial charge in [0, 0.05) is 20.2 Å². The minimum Gasteiger partial charge on any atom is -0.384 e. The average Bonchev–Trinajstić information content (AvgIpc) is 2.41. The third-order valence-electron chi connectivity index (χ3n) is 3.89. The first-order chi connectivity index (χ1) is 8.70. The third kappa shape index (κ3) is 3.69. The van der Waals surface area contributed by atoms with Crippen LogP contribution in [-0.4, -0.2) is 50.7 Å². The number of unbranched alkanes of at least 4 members (excludes halogenated alkanes) is 1. The van der Waals surface area contributed by atoms with Crippen molar-refractivity contribution in [1.82, 2.24) is 10.2 Å². The number of nitrogens with zero attached hydrogens (tertiary/aromatic N) is 1. The molecule has 1 aliphatic rings. The Morgan fingerprint density at radius 1 is 1.33 bits per heavy atom. The van der Waals surface area contributed by atoms with E-state index in [4.69, 9.17) is 4.74 Å². The third-order valence-corrected chi connectivity index (χ3v) is 3.89. The van der Waals surface area contributed by atoms with Crippen LogP contribution in [0.25, 0.3) is 0 Å². The largest absolute Gasteiger partial charge is 0.384 e. The van der Waals surface area contributed by atoms with Crippen LogP contribution in [0.15, 0.2) is 0 Å². The summed E-state index contributed by atoms with van der Waals surface area (Å²) in [7, 11) is 1.69. The second-order valence-corrected chi connectivity index (χ2v) is 5.20. The van der Waals surface area contributed by atoms with Crippen LogP contribution >= 0.6 is 0 Å². The van der Waals surface area contributed by atoms with Crippen LogP contribution in [0.1, 0.15) is 39.5 Å². The fourth-order valence-corrected chi connectivity index (χ4v) is 2.69. The van der Waals surface area contributed by atoms with E-state index in [1.165, 1.54) is 0 Å². The Bertz CT molecular complexity index is 245. The van der Waals surface area contributed by atoms with Crippen molar-refractivity contribution in [3.05, 3.63) is 0 Å². The number of hydrogen-bond donors (Lipinski definition) is 1. The molecule has 106 valence electrons. The van der Waals surface area contributed by atoms with Crippen molar-refractivity contribution in [2.24, 2.45) is 5.41 Å². The number of amides is 1. The Kier molecular flexibility index (Phi) is 6.65. The van der Waals surface area contributed by atoms with Gasteiger partial charge in [0.2, 0.25) is 5.91 Å². The van der Waals surface area contributed by atoms with E-state index in [-0.39, 0.29) is 5.41 Å². The topological polar surface area (TPSA) is 41.6 Å². The first-order valence-corrected chi connectivity index (χ1v) is 7.19. The highest BCUT2D eigenvalue weighted by Crippen LogP contribution is 2.31. The summed E-state index contributed by atoms with van der Waals surface area (Å²) in [4.78, 5) is 14.8. The molecule has 1 heterocycles. The first kappa shape index (κ1) is 15.4. The van der Waals surface area contributed by atoms with E-state index in [0.717, 1.165) is 51.9 Å². The van der Waals surface area contributed by atoms with Gasteiger partial charge >= 0.3 is 0 Å². The number of ether oxygens (including phenoxy) is 1. The van der Waals surface area contributed by atoms with E-state index in [9.17, 15) is 4.79 Å². The van der Waals surface area contributed by atoms with Crippen LogP contribution in [0.4, 0.5) is 0 Å². The van der Waals surface area contributed by atoms with E-state index in [0.29, 0.717) is 12.5 Å². The monoisotopic (exact) mass is 256 g/mol. The second kappa shape index (κ2) is 7.74. The van der Waals surface area contributed by atoms with Gasteiger partial charge in [0.1, 0.15) is 0 Å². The molecule has 0 unspecified atom stereocenters. The maximum atomic E-state index is 12.8. The second-order valence-electron chi connectivity index (χ2n) is 5.20. The van der Waals surface area contributed by atoms with Gasteiger partial charge in [0.25, 0.3) is 0 Å². The lowest BCUT2D eigenvalue weighted by atomic mass is 9.78. The van der Waals surface area contributed by atoms with E-state index in [1.54, 1.807) is 7.11 Å². The summed E-state index contributed by atoms with van der Waals surface area (Å²) in [5, 5.41) is 3.33. The average molecular weight is 256 g/mol. The summed E-state index contributed by atoms with van der Waals surface area (Å²) < 4.78 is 5.33. The van der Waals surface area contributed by atoms with E-state index >= 15 is 0 Å². The van der Waals surface area contributed by atoms with E-state index < -0.39 is 0 Å². The van der Waals surface area contributed by atoms with Gasteiger partial charge in [-0.2, -0.15) is 0 Å². The predicted octanol–water partition coefficient (Wildman–Crippen LogP) is 1.65. The minimum atomic E-state index is -0.288. The first-order valence-electron chi connectivity index (χ1n) is 7.19. The lowest BCUT2D eigenvalue weighted by Crippen LogP contribution is -2.51. The predicted molar refractivity (Wildman–Crippen MR) is 73.6 cm³/mol. The highest BCUT2D eigenvalue weighted by Gasteiger charge is 2.41. The molecular weight excluding hydrogens is 228 g/mol. The van der Waals surface area contributed by atoms with E-state index in [1.807, 2.05) is 4.90 Å². The zero-order chi connectivity index (χ0) is 13.4. The van der Waals surface area contributed by atoms with Crippen molar-refractivity contribution in [1.29, 1.82) is 0 Å². The summed E-state index contributed by atoms with van der Waals surface area (Å²) in [6.45, 7) is 8.29. The zero-order valence-corrected chi connectivity index (χ0v) is 12.1. The molecule has 1 rings (SSSR count). The molecule has 1 fully saturated rings. The summed E-state index contributed by atoms with van der Waals surface area (Å²) >= 11 is 0. The molecule has 0 spiro atoms. The molecule has 4 heteroatoms. The molecule has 1 amide bonds. The fraction of sp³-hybridized carbons (Fsp3) is 0.929. The van der Waals surface area contributed by atoms with E-state index in [2.05, 4.69) is 19.2 Å². The standard InChI is InChI=1S/C14H28N2O2/c1-4-6-11-16(5-2)13(17)14(12-18-3)7-9-15-10-8-14/h15H,4-12H2,1-3H3. The molecule has 0 radical (unpaired) electrons. The molecule has 0 aromatic heterocycles. The SMILES string of the molecule is CCCCN(CC)C(=O)C1(COC)CCNCC1. The van der Waals surface area contributed by atoms with Crippen LogP contribution in [0.2, 0.25) is 0 Å². The summed E-state index contributed by atoms with van der Waals surface area (Å²) in [6.07, 6.45) is 3.99. The molecule has 0 bridgehead atoms. The summed E-state index contributed by atoms with van der Waals surface area (Å²) in [5.74, 6) is 0.293. The number of nitrogens with one attached hydrogen (secondary N) is 1. The normalized spacial score (nSPS) is 18.6. The Hall–Kier alpha value is -0.610. The van der Waals surface area contributed by atoms with Gasteiger partial charge in [0.05, 0.1) is 12.0 Å². The van der Waals surface area contributed by atoms with Gasteiger partial charge < -0.3 is 15.0 Å². The molecule has 1 N–H and O–H groups in total. The summed E-state index contributed by atoms with van der Waals surface area (Å²) in [5.41, 5.74) is -0.288. The lowest BCUT2D eigenvalue weighted by molar-refractivity contribution is -0.147. The van der Waals surface area contributed by atoms with Gasteiger partial charge in [-0.15, -0.1) is 0 Å². The Balaban J connectivity index is 2.73. The molecule has 18 heavy (non-hydrogen) atoms. The minimum absolute atomic E-state index is 0.288. The van der Waals surface area contributed by atoms with Crippen molar-refractivity contribution in [3.63, 3.8) is 0 Å². The van der Waals surface area contributed by atoms with Gasteiger partial charge in [-0.25, -0.2) is 0 Å². The lowest BCUT2D eigenvalue weighted by Gasteiger charge is -2.39. The van der Waals surface area contributed by atoms with Gasteiger partial charge in [-0.1, -0.05) is 13.3 Å². The zero-order valence-electron chi connectivity index (χ0n) is 12.1. The number of carbonyl (C=O) groups excluding carboxylic acids is 1. The molecule has 0 aromatic rings. The van der Waals surface area contributed by atoms with Gasteiger partial charge in [0.15, 0.2) is 0 Å². The Morgan fingerprint density at radius 3 is 2.50 bits per heavy atom. The van der Waals surface area contributed by atoms with Gasteiger partial charge in [-0.05, 0) is 39.3 Å². The Labute approximate surface area is 111 Å². The van der Waals surface area contributed by atoms with Crippen molar-refractivity contribution in [2.75, 3.05) is 39.9 Å². The summed E-state index contributed by atoms with van der Waals surface area (Å²) in [6, 6.07) is 0. The maximum absolute atomic E-state index is 12.8. The van der Waals surface area contributed by atoms with Crippen molar-refractivity contribution < 1.29 is 9.53 Å². The highest BCUT2D eigenvalue weighted by molar-refractivity contribution is 5.83. The van der Waals surface area contributed by atoms with Crippen LogP contribution in [0.5, 0.6) is 0 Å². The van der Waals surface area contributed by atoms with Crippen molar-refractivity contribution >= 4 is 5.91 Å². The van der Waals surface area contributed by atoms with Crippen LogP contribution in [0.3, 0.4) is 0 Å². The van der Waals surface area contributed by atoms with Crippen LogP contribution in [0, 0.1) is 5.41 Å². The number of carbonyl (C=O) groups is 1. The highest BCUT2D eigenvalue weighted by atomic mass is 16.5. The molecule has 0 saturated carbocycles. The smallest absolute Gasteiger partial charge is 0.231 e. The molecule has 0 atom stereocenters. The molecule has 4 nitrogen and oxygen atoms in total. The van der Waals surface area contributed by atoms with Crippen molar-refractivity contribution in [3.8, 4) is 0 Å². The molecule has 1 aliphatic heterocycles. The molecule has 0 aliphatic carbocycles. The van der Waals surface area contributed by atoms with Crippen LogP contribution < -0.4 is 5.32 Å². The number of rotatable bonds is 7.